The summed E-state index contributed by atoms with van der Waals surface area (Å²) in [6.07, 6.45) is 1.69. The van der Waals surface area contributed by atoms with E-state index < -0.39 is 0 Å². The smallest absolute Gasteiger partial charge is 0.319 e. The monoisotopic (exact) mass is 303 g/mol. The molecule has 0 aliphatic carbocycles. The third-order valence-corrected chi connectivity index (χ3v) is 4.09. The maximum atomic E-state index is 12.5. The van der Waals surface area contributed by atoms with E-state index in [9.17, 15) is 9.59 Å². The first-order chi connectivity index (χ1) is 10.4. The number of benzene rings is 1. The van der Waals surface area contributed by atoms with Gasteiger partial charge in [-0.25, -0.2) is 4.79 Å². The van der Waals surface area contributed by atoms with Gasteiger partial charge in [0, 0.05) is 32.9 Å². The van der Waals surface area contributed by atoms with Gasteiger partial charge in [0.05, 0.1) is 5.92 Å². The fourth-order valence-electron chi connectivity index (χ4n) is 2.84. The van der Waals surface area contributed by atoms with Crippen LogP contribution in [0.15, 0.2) is 18.2 Å². The van der Waals surface area contributed by atoms with Crippen molar-refractivity contribution in [3.8, 4) is 0 Å². The van der Waals surface area contributed by atoms with Crippen LogP contribution in [0.4, 0.5) is 10.5 Å². The molecule has 22 heavy (non-hydrogen) atoms. The summed E-state index contributed by atoms with van der Waals surface area (Å²) in [7, 11) is 3.48. The van der Waals surface area contributed by atoms with Crippen molar-refractivity contribution >= 4 is 17.6 Å². The fraction of sp³-hybridized carbons (Fsp3) is 0.529. The number of amides is 3. The molecule has 1 heterocycles. The summed E-state index contributed by atoms with van der Waals surface area (Å²) >= 11 is 0. The summed E-state index contributed by atoms with van der Waals surface area (Å²) in [5.41, 5.74) is 3.09. The molecule has 0 radical (unpaired) electrons. The number of nitrogens with one attached hydrogen (secondary N) is 1. The highest BCUT2D eigenvalue weighted by atomic mass is 16.2. The number of aryl methyl sites for hydroxylation is 2. The number of carbonyl (C=O) groups is 2. The molecule has 1 fully saturated rings. The maximum Gasteiger partial charge on any atom is 0.319 e. The van der Waals surface area contributed by atoms with Gasteiger partial charge in [-0.05, 0) is 38.3 Å². The molecule has 0 spiro atoms. The van der Waals surface area contributed by atoms with Crippen LogP contribution >= 0.6 is 0 Å². The molecule has 120 valence electrons. The second kappa shape index (κ2) is 6.81. The first-order valence-corrected chi connectivity index (χ1v) is 7.73. The molecule has 0 unspecified atom stereocenters. The first-order valence-electron chi connectivity index (χ1n) is 7.73. The molecule has 1 saturated heterocycles. The maximum absolute atomic E-state index is 12.5. The van der Waals surface area contributed by atoms with Crippen LogP contribution in [0.25, 0.3) is 0 Å². The quantitative estimate of drug-likeness (QED) is 0.913. The normalized spacial score (nSPS) is 18.0. The molecule has 1 aromatic rings. The highest BCUT2D eigenvalue weighted by Crippen LogP contribution is 2.21. The number of carbonyl (C=O) groups excluding carboxylic acids is 2. The summed E-state index contributed by atoms with van der Waals surface area (Å²) in [5.74, 6) is -0.137. The van der Waals surface area contributed by atoms with Crippen LogP contribution in [0.2, 0.25) is 0 Å². The van der Waals surface area contributed by atoms with Crippen molar-refractivity contribution < 1.29 is 9.59 Å². The van der Waals surface area contributed by atoms with Crippen molar-refractivity contribution in [2.75, 3.05) is 32.5 Å². The third kappa shape index (κ3) is 3.78. The van der Waals surface area contributed by atoms with Crippen molar-refractivity contribution in [1.29, 1.82) is 0 Å². The van der Waals surface area contributed by atoms with Gasteiger partial charge in [0.15, 0.2) is 0 Å². The van der Waals surface area contributed by atoms with E-state index in [1.54, 1.807) is 23.9 Å². The molecule has 3 amide bonds. The summed E-state index contributed by atoms with van der Waals surface area (Å²) in [6, 6.07) is 5.96. The van der Waals surface area contributed by atoms with Gasteiger partial charge < -0.3 is 15.1 Å². The van der Waals surface area contributed by atoms with Crippen molar-refractivity contribution in [1.82, 2.24) is 9.80 Å². The Labute approximate surface area is 132 Å². The Morgan fingerprint density at radius 3 is 2.64 bits per heavy atom. The zero-order valence-electron chi connectivity index (χ0n) is 13.8. The second-order valence-electron chi connectivity index (χ2n) is 6.27. The lowest BCUT2D eigenvalue weighted by Crippen LogP contribution is -2.47. The van der Waals surface area contributed by atoms with Gasteiger partial charge in [-0.15, -0.1) is 0 Å². The summed E-state index contributed by atoms with van der Waals surface area (Å²) in [5, 5.41) is 3.01. The minimum Gasteiger partial charge on any atom is -0.331 e. The average molecular weight is 303 g/mol. The molecule has 0 aromatic heterocycles. The van der Waals surface area contributed by atoms with Crippen LogP contribution in [-0.2, 0) is 4.79 Å². The summed E-state index contributed by atoms with van der Waals surface area (Å²) in [6.45, 7) is 5.24. The molecule has 1 atom stereocenters. The lowest BCUT2D eigenvalue weighted by molar-refractivity contribution is -0.121. The molecule has 5 nitrogen and oxygen atoms in total. The van der Waals surface area contributed by atoms with Crippen molar-refractivity contribution in [2.24, 2.45) is 5.92 Å². The Bertz CT molecular complexity index is 569. The second-order valence-corrected chi connectivity index (χ2v) is 6.27. The Balaban J connectivity index is 2.01. The van der Waals surface area contributed by atoms with Crippen LogP contribution < -0.4 is 5.32 Å². The molecular weight excluding hydrogens is 278 g/mol. The van der Waals surface area contributed by atoms with E-state index in [1.165, 1.54) is 5.56 Å². The predicted octanol–water partition coefficient (Wildman–Crippen LogP) is 2.64. The average Bonchev–Trinajstić information content (AvgIpc) is 2.49. The molecule has 1 aromatic carbocycles. The number of hydrogen-bond donors (Lipinski definition) is 1. The molecule has 0 saturated carbocycles. The number of urea groups is 1. The van der Waals surface area contributed by atoms with E-state index in [-0.39, 0.29) is 17.9 Å². The summed E-state index contributed by atoms with van der Waals surface area (Å²) in [4.78, 5) is 27.8. The van der Waals surface area contributed by atoms with Crippen LogP contribution in [0.1, 0.15) is 24.0 Å². The van der Waals surface area contributed by atoms with Gasteiger partial charge in [-0.2, -0.15) is 0 Å². The van der Waals surface area contributed by atoms with E-state index in [2.05, 4.69) is 11.4 Å². The van der Waals surface area contributed by atoms with Gasteiger partial charge >= 0.3 is 6.03 Å². The molecule has 2 rings (SSSR count). The van der Waals surface area contributed by atoms with Crippen molar-refractivity contribution in [2.45, 2.75) is 26.7 Å². The third-order valence-electron chi connectivity index (χ3n) is 4.09. The van der Waals surface area contributed by atoms with Gasteiger partial charge in [0.25, 0.3) is 0 Å². The number of anilines is 1. The topological polar surface area (TPSA) is 52.7 Å². The van der Waals surface area contributed by atoms with E-state index in [0.717, 1.165) is 30.6 Å². The van der Waals surface area contributed by atoms with Crippen LogP contribution in [0.3, 0.4) is 0 Å². The lowest BCUT2D eigenvalue weighted by atomic mass is 9.97. The summed E-state index contributed by atoms with van der Waals surface area (Å²) < 4.78 is 0. The minimum absolute atomic E-state index is 0.00297. The zero-order chi connectivity index (χ0) is 16.3. The zero-order valence-corrected chi connectivity index (χ0v) is 13.8. The SMILES string of the molecule is Cc1ccc(NC(=O)[C@H]2CCCN(C(=O)N(C)C)C2)c(C)c1. The molecule has 1 N–H and O–H groups in total. The van der Waals surface area contributed by atoms with E-state index >= 15 is 0 Å². The number of nitrogens with zero attached hydrogens (tertiary/aromatic N) is 2. The van der Waals surface area contributed by atoms with Crippen LogP contribution in [-0.4, -0.2) is 48.9 Å². The molecular formula is C17H25N3O2. The molecule has 1 aliphatic rings. The number of piperidine rings is 1. The van der Waals surface area contributed by atoms with Gasteiger partial charge in [0.2, 0.25) is 5.91 Å². The van der Waals surface area contributed by atoms with E-state index in [0.29, 0.717) is 6.54 Å². The highest BCUT2D eigenvalue weighted by molar-refractivity contribution is 5.93. The van der Waals surface area contributed by atoms with Crippen molar-refractivity contribution in [3.63, 3.8) is 0 Å². The molecule has 0 bridgehead atoms. The van der Waals surface area contributed by atoms with Crippen molar-refractivity contribution in [3.05, 3.63) is 29.3 Å². The Morgan fingerprint density at radius 2 is 2.00 bits per heavy atom. The van der Waals surface area contributed by atoms with Gasteiger partial charge in [-0.3, -0.25) is 4.79 Å². The standard InChI is InChI=1S/C17H25N3O2/c1-12-7-8-15(13(2)10-12)18-16(21)14-6-5-9-20(11-14)17(22)19(3)4/h7-8,10,14H,5-6,9,11H2,1-4H3,(H,18,21)/t14-/m0/s1. The Hall–Kier alpha value is -2.04. The minimum atomic E-state index is -0.140. The fourth-order valence-corrected chi connectivity index (χ4v) is 2.84. The Morgan fingerprint density at radius 1 is 1.27 bits per heavy atom. The largest absolute Gasteiger partial charge is 0.331 e. The van der Waals surface area contributed by atoms with E-state index in [1.807, 2.05) is 26.0 Å². The predicted molar refractivity (Wildman–Crippen MR) is 87.9 cm³/mol. The molecule has 5 heteroatoms. The number of rotatable bonds is 2. The van der Waals surface area contributed by atoms with Gasteiger partial charge in [-0.1, -0.05) is 17.7 Å². The van der Waals surface area contributed by atoms with Crippen LogP contribution in [0, 0.1) is 19.8 Å². The lowest BCUT2D eigenvalue weighted by Gasteiger charge is -2.33. The highest BCUT2D eigenvalue weighted by Gasteiger charge is 2.29. The number of hydrogen-bond acceptors (Lipinski definition) is 2. The number of likely N-dealkylation sites (tertiary alicyclic amines) is 1. The molecule has 1 aliphatic heterocycles. The Kier molecular flexibility index (Phi) is 5.06. The van der Waals surface area contributed by atoms with Crippen LogP contribution in [0.5, 0.6) is 0 Å². The first kappa shape index (κ1) is 16.3. The van der Waals surface area contributed by atoms with Gasteiger partial charge in [0.1, 0.15) is 0 Å². The van der Waals surface area contributed by atoms with E-state index in [4.69, 9.17) is 0 Å².